The molecule has 3 rings (SSSR count). The summed E-state index contributed by atoms with van der Waals surface area (Å²) in [6, 6.07) is 19.2. The van der Waals surface area contributed by atoms with Crippen molar-refractivity contribution >= 4 is 23.2 Å². The molecule has 1 unspecified atom stereocenters. The molecular weight excluding hydrogens is 344 g/mol. The van der Waals surface area contributed by atoms with Gasteiger partial charge < -0.3 is 15.9 Å². The molecule has 1 aliphatic heterocycles. The fraction of sp³-hybridized carbons (Fsp3) is 0.158. The predicted molar refractivity (Wildman–Crippen MR) is 103 cm³/mol. The molecule has 0 aromatic heterocycles. The first-order chi connectivity index (χ1) is 13.1. The Labute approximate surface area is 156 Å². The van der Waals surface area contributed by atoms with E-state index >= 15 is 0 Å². The van der Waals surface area contributed by atoms with Gasteiger partial charge in [0.15, 0.2) is 6.17 Å². The fourth-order valence-corrected chi connectivity index (χ4v) is 2.33. The zero-order chi connectivity index (χ0) is 19.6. The van der Waals surface area contributed by atoms with Crippen LogP contribution in [-0.2, 0) is 9.63 Å². The average molecular weight is 364 g/mol. The number of amides is 1. The van der Waals surface area contributed by atoms with E-state index in [4.69, 9.17) is 16.4 Å². The second-order valence-electron chi connectivity index (χ2n) is 5.52. The second-order valence-corrected chi connectivity index (χ2v) is 5.52. The lowest BCUT2D eigenvalue weighted by atomic mass is 10.0. The van der Waals surface area contributed by atoms with E-state index in [0.29, 0.717) is 6.42 Å². The molecule has 6 N–H and O–H groups in total. The molecular formula is C19H20N6O2. The molecule has 2 aromatic rings. The number of carbonyl (C=O) groups excluding carboxylic acids is 1. The van der Waals surface area contributed by atoms with Crippen LogP contribution >= 0.6 is 0 Å². The molecule has 0 radical (unpaired) electrons. The summed E-state index contributed by atoms with van der Waals surface area (Å²) in [7, 11) is 0. The zero-order valence-electron chi connectivity index (χ0n) is 14.6. The molecule has 27 heavy (non-hydrogen) atoms. The number of benzodiazepines with no additional fused rings is 1. The maximum absolute atomic E-state index is 11.8. The van der Waals surface area contributed by atoms with Crippen molar-refractivity contribution < 1.29 is 9.63 Å². The van der Waals surface area contributed by atoms with Gasteiger partial charge in [-0.1, -0.05) is 48.5 Å². The van der Waals surface area contributed by atoms with Crippen LogP contribution in [0.5, 0.6) is 0 Å². The maximum Gasteiger partial charge on any atom is 0.263 e. The Morgan fingerprint density at radius 1 is 1.22 bits per heavy atom. The van der Waals surface area contributed by atoms with Gasteiger partial charge >= 0.3 is 0 Å². The van der Waals surface area contributed by atoms with Crippen molar-refractivity contribution in [2.45, 2.75) is 19.0 Å². The first-order valence-electron chi connectivity index (χ1n) is 8.17. The van der Waals surface area contributed by atoms with E-state index in [1.807, 2.05) is 60.7 Å². The van der Waals surface area contributed by atoms with Gasteiger partial charge in [0.25, 0.3) is 5.91 Å². The largest absolute Gasteiger partial charge is 0.396 e. The Hall–Kier alpha value is -3.54. The van der Waals surface area contributed by atoms with Crippen LogP contribution in [0.2, 0.25) is 0 Å². The SMILES string of the molecule is N#CCCC(=N)ON.NC1N=C(c2ccccc2)c2ccccc2NC1=O. The highest BCUT2D eigenvalue weighted by molar-refractivity contribution is 6.19. The number of carbonyl (C=O) groups is 1. The summed E-state index contributed by atoms with van der Waals surface area (Å²) < 4.78 is 0. The van der Waals surface area contributed by atoms with E-state index in [1.165, 1.54) is 0 Å². The fourth-order valence-electron chi connectivity index (χ4n) is 2.33. The molecule has 0 saturated heterocycles. The van der Waals surface area contributed by atoms with Crippen LogP contribution in [0.4, 0.5) is 5.69 Å². The number of nitrogens with two attached hydrogens (primary N) is 2. The van der Waals surface area contributed by atoms with Gasteiger partial charge in [-0.3, -0.25) is 15.2 Å². The highest BCUT2D eigenvalue weighted by atomic mass is 16.6. The summed E-state index contributed by atoms with van der Waals surface area (Å²) in [4.78, 5) is 20.1. The van der Waals surface area contributed by atoms with Crippen molar-refractivity contribution in [1.29, 1.82) is 10.7 Å². The summed E-state index contributed by atoms with van der Waals surface area (Å²) in [6.07, 6.45) is -0.300. The third-order valence-electron chi connectivity index (χ3n) is 3.63. The van der Waals surface area contributed by atoms with Crippen molar-refractivity contribution in [3.8, 4) is 6.07 Å². The van der Waals surface area contributed by atoms with Gasteiger partial charge in [0.2, 0.25) is 5.90 Å². The summed E-state index contributed by atoms with van der Waals surface area (Å²) in [5, 5.41) is 17.5. The summed E-state index contributed by atoms with van der Waals surface area (Å²) in [6.45, 7) is 0. The molecule has 1 heterocycles. The normalized spacial score (nSPS) is 14.9. The third-order valence-corrected chi connectivity index (χ3v) is 3.63. The molecule has 8 nitrogen and oxygen atoms in total. The Morgan fingerprint density at radius 3 is 2.56 bits per heavy atom. The van der Waals surface area contributed by atoms with Gasteiger partial charge in [-0.2, -0.15) is 11.2 Å². The molecule has 1 atom stereocenters. The van der Waals surface area contributed by atoms with Crippen LogP contribution in [-0.4, -0.2) is 23.7 Å². The number of nitrogens with one attached hydrogen (secondary N) is 2. The van der Waals surface area contributed by atoms with Gasteiger partial charge in [-0.15, -0.1) is 0 Å². The van der Waals surface area contributed by atoms with Crippen LogP contribution in [0.25, 0.3) is 0 Å². The minimum absolute atomic E-state index is 0.0495. The van der Waals surface area contributed by atoms with E-state index in [0.717, 1.165) is 22.5 Å². The minimum Gasteiger partial charge on any atom is -0.396 e. The van der Waals surface area contributed by atoms with Crippen LogP contribution in [0.1, 0.15) is 24.0 Å². The molecule has 1 amide bonds. The highest BCUT2D eigenvalue weighted by Crippen LogP contribution is 2.23. The van der Waals surface area contributed by atoms with Crippen molar-refractivity contribution in [3.05, 3.63) is 65.7 Å². The number of nitriles is 1. The van der Waals surface area contributed by atoms with E-state index in [1.54, 1.807) is 0 Å². The standard InChI is InChI=1S/C15H13N3O.C4H7N3O/c16-14-15(19)17-12-9-5-4-8-11(12)13(18-14)10-6-2-1-3-7-10;5-3-1-2-4(6)8-7/h1-9,14H,16H2,(H,17,19);6H,1-2,7H2. The number of fused-ring (bicyclic) bond motifs is 1. The molecule has 138 valence electrons. The molecule has 2 aromatic carbocycles. The van der Waals surface area contributed by atoms with Crippen LogP contribution in [0, 0.1) is 16.7 Å². The molecule has 8 heteroatoms. The number of benzene rings is 2. The van der Waals surface area contributed by atoms with Gasteiger partial charge in [0, 0.05) is 24.0 Å². The van der Waals surface area contributed by atoms with Crippen LogP contribution in [0.3, 0.4) is 0 Å². The Morgan fingerprint density at radius 2 is 1.89 bits per heavy atom. The minimum atomic E-state index is -0.886. The van der Waals surface area contributed by atoms with E-state index in [-0.39, 0.29) is 18.2 Å². The van der Waals surface area contributed by atoms with Gasteiger partial charge in [0.1, 0.15) is 0 Å². The first kappa shape index (κ1) is 19.8. The number of anilines is 1. The van der Waals surface area contributed by atoms with Gasteiger partial charge in [-0.25, -0.2) is 0 Å². The van der Waals surface area contributed by atoms with Crippen molar-refractivity contribution in [3.63, 3.8) is 0 Å². The lowest BCUT2D eigenvalue weighted by Crippen LogP contribution is -2.33. The summed E-state index contributed by atoms with van der Waals surface area (Å²) >= 11 is 0. The van der Waals surface area contributed by atoms with E-state index < -0.39 is 6.17 Å². The Balaban J connectivity index is 0.000000279. The molecule has 0 aliphatic carbocycles. The maximum atomic E-state index is 11.8. The number of aliphatic imine (C=N–C) groups is 1. The van der Waals surface area contributed by atoms with Crippen molar-refractivity contribution in [2.24, 2.45) is 16.6 Å². The number of hydrogen-bond donors (Lipinski definition) is 4. The van der Waals surface area contributed by atoms with Crippen molar-refractivity contribution in [2.75, 3.05) is 5.32 Å². The smallest absolute Gasteiger partial charge is 0.263 e. The molecule has 0 saturated carbocycles. The third kappa shape index (κ3) is 5.47. The average Bonchev–Trinajstić information content (AvgIpc) is 2.83. The molecule has 1 aliphatic rings. The quantitative estimate of drug-likeness (QED) is 0.373. The lowest BCUT2D eigenvalue weighted by molar-refractivity contribution is -0.117. The number of para-hydroxylation sites is 1. The van der Waals surface area contributed by atoms with Crippen LogP contribution < -0.4 is 16.9 Å². The summed E-state index contributed by atoms with van der Waals surface area (Å²) in [5.74, 6) is 4.24. The van der Waals surface area contributed by atoms with E-state index in [2.05, 4.69) is 21.0 Å². The molecule has 0 bridgehead atoms. The lowest BCUT2D eigenvalue weighted by Gasteiger charge is -2.09. The van der Waals surface area contributed by atoms with Crippen molar-refractivity contribution in [1.82, 2.24) is 0 Å². The molecule has 0 fully saturated rings. The zero-order valence-corrected chi connectivity index (χ0v) is 14.6. The Bertz CT molecular complexity index is 873. The number of rotatable bonds is 3. The second kappa shape index (κ2) is 9.82. The summed E-state index contributed by atoms with van der Waals surface area (Å²) in [5.41, 5.74) is 9.09. The van der Waals surface area contributed by atoms with Gasteiger partial charge in [0.05, 0.1) is 17.5 Å². The topological polar surface area (TPSA) is 150 Å². The van der Waals surface area contributed by atoms with E-state index in [9.17, 15) is 4.79 Å². The molecule has 0 spiro atoms. The van der Waals surface area contributed by atoms with Crippen LogP contribution in [0.15, 0.2) is 59.6 Å². The van der Waals surface area contributed by atoms with Gasteiger partial charge in [-0.05, 0) is 6.07 Å². The predicted octanol–water partition coefficient (Wildman–Crippen LogP) is 1.92. The monoisotopic (exact) mass is 364 g/mol. The first-order valence-corrected chi connectivity index (χ1v) is 8.17. The number of nitrogens with zero attached hydrogens (tertiary/aromatic N) is 2. The number of hydrogen-bond acceptors (Lipinski definition) is 7. The highest BCUT2D eigenvalue weighted by Gasteiger charge is 2.22. The Kier molecular flexibility index (Phi) is 7.19.